The third-order valence-corrected chi connectivity index (χ3v) is 4.16. The lowest BCUT2D eigenvalue weighted by Crippen LogP contribution is -2.07. The zero-order chi connectivity index (χ0) is 16.5. The van der Waals surface area contributed by atoms with Crippen LogP contribution in [0.15, 0.2) is 22.7 Å². The highest BCUT2D eigenvalue weighted by atomic mass is 35.5. The van der Waals surface area contributed by atoms with Gasteiger partial charge in [0.05, 0.1) is 5.57 Å². The fraction of sp³-hybridized carbons (Fsp3) is 0.471. The summed E-state index contributed by atoms with van der Waals surface area (Å²) in [4.78, 5) is 8.70. The second-order valence-electron chi connectivity index (χ2n) is 5.36. The van der Waals surface area contributed by atoms with Crippen LogP contribution in [0.5, 0.6) is 0 Å². The highest BCUT2D eigenvalue weighted by Gasteiger charge is 2.05. The van der Waals surface area contributed by atoms with Gasteiger partial charge in [-0.2, -0.15) is 4.37 Å². The van der Waals surface area contributed by atoms with Gasteiger partial charge in [0.15, 0.2) is 5.01 Å². The van der Waals surface area contributed by atoms with E-state index < -0.39 is 0 Å². The Kier molecular flexibility index (Phi) is 8.08. The molecule has 0 saturated carbocycles. The Morgan fingerprint density at radius 3 is 2.64 bits per heavy atom. The molecule has 1 heterocycles. The number of aromatic nitrogens is 2. The van der Waals surface area contributed by atoms with Gasteiger partial charge in [-0.15, -0.1) is 5.92 Å². The zero-order valence-corrected chi connectivity index (χ0v) is 15.3. The number of hydrogen-bond acceptors (Lipinski definition) is 4. The van der Waals surface area contributed by atoms with Crippen molar-refractivity contribution in [3.05, 3.63) is 28.0 Å². The monoisotopic (exact) mass is 335 g/mol. The molecule has 1 unspecified atom stereocenters. The van der Waals surface area contributed by atoms with E-state index in [1.165, 1.54) is 17.1 Å². The predicted molar refractivity (Wildman–Crippen MR) is 97.5 cm³/mol. The van der Waals surface area contributed by atoms with E-state index in [4.69, 9.17) is 11.6 Å². The van der Waals surface area contributed by atoms with Crippen LogP contribution in [-0.4, -0.2) is 21.6 Å². The number of rotatable bonds is 6. The Labute approximate surface area is 142 Å². The first-order chi connectivity index (χ1) is 10.4. The molecule has 0 aliphatic heterocycles. The van der Waals surface area contributed by atoms with E-state index in [2.05, 4.69) is 53.9 Å². The Morgan fingerprint density at radius 2 is 2.09 bits per heavy atom. The molecule has 1 atom stereocenters. The molecule has 0 aliphatic rings. The van der Waals surface area contributed by atoms with E-state index in [-0.39, 0.29) is 5.28 Å². The van der Waals surface area contributed by atoms with Crippen molar-refractivity contribution in [1.82, 2.24) is 9.36 Å². The number of aliphatic imine (C=N–C) groups is 1. The molecule has 1 aromatic rings. The van der Waals surface area contributed by atoms with E-state index >= 15 is 0 Å². The number of nitrogens with zero attached hydrogens (tertiary/aromatic N) is 3. The summed E-state index contributed by atoms with van der Waals surface area (Å²) in [5.74, 6) is 6.49. The third-order valence-electron chi connectivity index (χ3n) is 3.14. The van der Waals surface area contributed by atoms with Crippen molar-refractivity contribution in [3.63, 3.8) is 0 Å². The Morgan fingerprint density at radius 1 is 1.36 bits per heavy atom. The standard InChI is InChI=1S/C17H22ClN3S/c1-6-7-15(16-20-17(18)21-22-16)9-8-13(4)10-11-19-14(5)12(2)3/h8-9,11-12,14H,10H2,1-5H3. The molecule has 0 fully saturated rings. The fourth-order valence-electron chi connectivity index (χ4n) is 1.44. The minimum absolute atomic E-state index is 0.263. The first kappa shape index (κ1) is 18.6. The summed E-state index contributed by atoms with van der Waals surface area (Å²) in [7, 11) is 0. The molecular weight excluding hydrogens is 314 g/mol. The molecule has 5 heteroatoms. The van der Waals surface area contributed by atoms with Crippen LogP contribution in [0, 0.1) is 17.8 Å². The molecule has 3 nitrogen and oxygen atoms in total. The average molecular weight is 336 g/mol. The van der Waals surface area contributed by atoms with Crippen LogP contribution in [0.4, 0.5) is 0 Å². The number of hydrogen-bond donors (Lipinski definition) is 0. The molecule has 0 spiro atoms. The maximum atomic E-state index is 5.77. The summed E-state index contributed by atoms with van der Waals surface area (Å²) in [6, 6.07) is 0.355. The first-order valence-electron chi connectivity index (χ1n) is 7.25. The lowest BCUT2D eigenvalue weighted by atomic mass is 10.1. The predicted octanol–water partition coefficient (Wildman–Crippen LogP) is 5.05. The summed E-state index contributed by atoms with van der Waals surface area (Å²) in [5.41, 5.74) is 2.05. The van der Waals surface area contributed by atoms with E-state index in [1.54, 1.807) is 6.92 Å². The van der Waals surface area contributed by atoms with Crippen molar-refractivity contribution in [1.29, 1.82) is 0 Å². The minimum Gasteiger partial charge on any atom is -0.294 e. The van der Waals surface area contributed by atoms with Crippen LogP contribution in [0.25, 0.3) is 5.57 Å². The lowest BCUT2D eigenvalue weighted by Gasteiger charge is -2.08. The average Bonchev–Trinajstić information content (AvgIpc) is 2.89. The smallest absolute Gasteiger partial charge is 0.234 e. The molecule has 0 aromatic carbocycles. The summed E-state index contributed by atoms with van der Waals surface area (Å²) in [6.07, 6.45) is 6.82. The van der Waals surface area contributed by atoms with Gasteiger partial charge in [-0.3, -0.25) is 4.99 Å². The summed E-state index contributed by atoms with van der Waals surface area (Å²) in [6.45, 7) is 10.4. The van der Waals surface area contributed by atoms with Gasteiger partial charge in [0, 0.05) is 18.7 Å². The van der Waals surface area contributed by atoms with Crippen molar-refractivity contribution < 1.29 is 0 Å². The quantitative estimate of drug-likeness (QED) is 0.414. The van der Waals surface area contributed by atoms with Gasteiger partial charge in [0.2, 0.25) is 5.28 Å². The lowest BCUT2D eigenvalue weighted by molar-refractivity contribution is 0.532. The summed E-state index contributed by atoms with van der Waals surface area (Å²) >= 11 is 7.03. The van der Waals surface area contributed by atoms with Crippen LogP contribution in [0.3, 0.4) is 0 Å². The van der Waals surface area contributed by atoms with E-state index in [1.807, 2.05) is 18.4 Å². The van der Waals surface area contributed by atoms with Gasteiger partial charge in [-0.25, -0.2) is 4.98 Å². The molecule has 1 aromatic heterocycles. The first-order valence-corrected chi connectivity index (χ1v) is 8.40. The second kappa shape index (κ2) is 9.55. The largest absolute Gasteiger partial charge is 0.294 e. The highest BCUT2D eigenvalue weighted by molar-refractivity contribution is 7.07. The van der Waals surface area contributed by atoms with E-state index in [0.717, 1.165) is 17.0 Å². The topological polar surface area (TPSA) is 38.1 Å². The van der Waals surface area contributed by atoms with Crippen molar-refractivity contribution in [2.24, 2.45) is 10.9 Å². The zero-order valence-electron chi connectivity index (χ0n) is 13.7. The maximum Gasteiger partial charge on any atom is 0.234 e. The third kappa shape index (κ3) is 6.55. The molecule has 0 N–H and O–H groups in total. The molecule has 0 bridgehead atoms. The Bertz CT molecular complexity index is 630. The Hall–Kier alpha value is -1.44. The van der Waals surface area contributed by atoms with Gasteiger partial charge in [0.25, 0.3) is 0 Å². The van der Waals surface area contributed by atoms with E-state index in [0.29, 0.717) is 12.0 Å². The van der Waals surface area contributed by atoms with Crippen LogP contribution >= 0.6 is 23.1 Å². The van der Waals surface area contributed by atoms with Crippen LogP contribution in [0.1, 0.15) is 46.0 Å². The second-order valence-corrected chi connectivity index (χ2v) is 6.45. The molecule has 0 saturated heterocycles. The highest BCUT2D eigenvalue weighted by Crippen LogP contribution is 2.19. The summed E-state index contributed by atoms with van der Waals surface area (Å²) < 4.78 is 3.98. The van der Waals surface area contributed by atoms with Crippen molar-refractivity contribution in [3.8, 4) is 11.8 Å². The molecule has 1 rings (SSSR count). The van der Waals surface area contributed by atoms with Crippen molar-refractivity contribution in [2.75, 3.05) is 0 Å². The number of halogens is 1. The normalized spacial score (nSPS) is 14.3. The van der Waals surface area contributed by atoms with Gasteiger partial charge in [-0.1, -0.05) is 31.4 Å². The van der Waals surface area contributed by atoms with Crippen molar-refractivity contribution in [2.45, 2.75) is 47.1 Å². The van der Waals surface area contributed by atoms with Crippen LogP contribution in [0.2, 0.25) is 5.28 Å². The van der Waals surface area contributed by atoms with Gasteiger partial charge >= 0.3 is 0 Å². The fourth-order valence-corrected chi connectivity index (χ4v) is 2.23. The van der Waals surface area contributed by atoms with Crippen molar-refractivity contribution >= 4 is 34.9 Å². The molecule has 0 amide bonds. The SMILES string of the molecule is CC#CC(=CC=C(C)CC=NC(C)C(C)C)c1nc(Cl)ns1. The van der Waals surface area contributed by atoms with Crippen LogP contribution < -0.4 is 0 Å². The molecule has 118 valence electrons. The minimum atomic E-state index is 0.263. The summed E-state index contributed by atoms with van der Waals surface area (Å²) in [5, 5.41) is 1.00. The molecule has 0 aliphatic carbocycles. The van der Waals surface area contributed by atoms with E-state index in [9.17, 15) is 0 Å². The maximum absolute atomic E-state index is 5.77. The van der Waals surface area contributed by atoms with Crippen LogP contribution in [-0.2, 0) is 0 Å². The van der Waals surface area contributed by atoms with Gasteiger partial charge in [0.1, 0.15) is 0 Å². The van der Waals surface area contributed by atoms with Gasteiger partial charge < -0.3 is 0 Å². The molecule has 0 radical (unpaired) electrons. The number of allylic oxidation sites excluding steroid dienone is 4. The molecular formula is C17H22ClN3S. The Balaban J connectivity index is 2.77. The molecule has 22 heavy (non-hydrogen) atoms. The van der Waals surface area contributed by atoms with Gasteiger partial charge in [-0.05, 0) is 55.9 Å².